The SMILES string of the molecule is CCc1ccsc1CNS(=O)(=O)c1ccc(Br)cc1Cl. The zero-order valence-corrected chi connectivity index (χ0v) is 14.7. The Bertz CT molecular complexity index is 713. The van der Waals surface area contributed by atoms with Crippen LogP contribution in [0.1, 0.15) is 17.4 Å². The lowest BCUT2D eigenvalue weighted by atomic mass is 10.2. The van der Waals surface area contributed by atoms with E-state index in [1.807, 2.05) is 18.4 Å². The second kappa shape index (κ2) is 6.58. The molecule has 7 heteroatoms. The first-order chi connectivity index (χ1) is 9.44. The second-order valence-electron chi connectivity index (χ2n) is 4.12. The van der Waals surface area contributed by atoms with Crippen LogP contribution in [0.2, 0.25) is 5.02 Å². The average molecular weight is 395 g/mol. The second-order valence-corrected chi connectivity index (χ2v) is 8.18. The summed E-state index contributed by atoms with van der Waals surface area (Å²) in [6.45, 7) is 2.33. The van der Waals surface area contributed by atoms with E-state index in [-0.39, 0.29) is 16.5 Å². The number of hydrogen-bond donors (Lipinski definition) is 1. The lowest BCUT2D eigenvalue weighted by Gasteiger charge is -2.08. The average Bonchev–Trinajstić information content (AvgIpc) is 2.83. The molecule has 0 radical (unpaired) electrons. The van der Waals surface area contributed by atoms with Crippen LogP contribution >= 0.6 is 38.9 Å². The van der Waals surface area contributed by atoms with Gasteiger partial charge in [0.1, 0.15) is 4.90 Å². The first kappa shape index (κ1) is 16.0. The highest BCUT2D eigenvalue weighted by Crippen LogP contribution is 2.25. The summed E-state index contributed by atoms with van der Waals surface area (Å²) in [6.07, 6.45) is 0.888. The highest BCUT2D eigenvalue weighted by atomic mass is 79.9. The summed E-state index contributed by atoms with van der Waals surface area (Å²) in [6, 6.07) is 6.73. The fourth-order valence-electron chi connectivity index (χ4n) is 1.77. The van der Waals surface area contributed by atoms with Crippen molar-refractivity contribution >= 4 is 48.9 Å². The molecule has 2 rings (SSSR count). The molecule has 1 heterocycles. The summed E-state index contributed by atoms with van der Waals surface area (Å²) < 4.78 is 27.8. The van der Waals surface area contributed by atoms with Crippen LogP contribution in [0, 0.1) is 0 Å². The van der Waals surface area contributed by atoms with E-state index in [1.54, 1.807) is 23.5 Å². The molecular weight excluding hydrogens is 382 g/mol. The Labute approximate surface area is 136 Å². The van der Waals surface area contributed by atoms with Crippen molar-refractivity contribution in [3.05, 3.63) is 49.6 Å². The molecule has 0 bridgehead atoms. The van der Waals surface area contributed by atoms with Gasteiger partial charge < -0.3 is 0 Å². The number of sulfonamides is 1. The molecule has 0 aliphatic heterocycles. The highest BCUT2D eigenvalue weighted by Gasteiger charge is 2.18. The van der Waals surface area contributed by atoms with Gasteiger partial charge in [-0.25, -0.2) is 13.1 Å². The summed E-state index contributed by atoms with van der Waals surface area (Å²) in [5, 5.41) is 2.17. The zero-order valence-electron chi connectivity index (χ0n) is 10.7. The van der Waals surface area contributed by atoms with Crippen molar-refractivity contribution in [2.45, 2.75) is 24.8 Å². The Morgan fingerprint density at radius 2 is 2.10 bits per heavy atom. The molecule has 0 fully saturated rings. The molecule has 1 aromatic heterocycles. The van der Waals surface area contributed by atoms with Crippen molar-refractivity contribution < 1.29 is 8.42 Å². The Balaban J connectivity index is 2.19. The number of nitrogens with one attached hydrogen (secondary N) is 1. The molecule has 0 amide bonds. The first-order valence-electron chi connectivity index (χ1n) is 5.94. The van der Waals surface area contributed by atoms with Gasteiger partial charge in [0.15, 0.2) is 0 Å². The summed E-state index contributed by atoms with van der Waals surface area (Å²) in [4.78, 5) is 1.13. The van der Waals surface area contributed by atoms with Crippen LogP contribution in [0.15, 0.2) is 39.0 Å². The minimum absolute atomic E-state index is 0.0944. The minimum atomic E-state index is -3.60. The largest absolute Gasteiger partial charge is 0.242 e. The number of rotatable bonds is 5. The lowest BCUT2D eigenvalue weighted by molar-refractivity contribution is 0.581. The third-order valence-electron chi connectivity index (χ3n) is 2.82. The first-order valence-corrected chi connectivity index (χ1v) is 9.47. The van der Waals surface area contributed by atoms with Crippen LogP contribution in [0.5, 0.6) is 0 Å². The van der Waals surface area contributed by atoms with E-state index in [9.17, 15) is 8.42 Å². The predicted molar refractivity (Wildman–Crippen MR) is 86.9 cm³/mol. The molecule has 108 valence electrons. The van der Waals surface area contributed by atoms with Gasteiger partial charge in [0.05, 0.1) is 5.02 Å². The fraction of sp³-hybridized carbons (Fsp3) is 0.231. The van der Waals surface area contributed by atoms with Gasteiger partial charge in [-0.2, -0.15) is 0 Å². The van der Waals surface area contributed by atoms with Crippen LogP contribution in [0.3, 0.4) is 0 Å². The Morgan fingerprint density at radius 3 is 2.75 bits per heavy atom. The van der Waals surface area contributed by atoms with E-state index in [0.717, 1.165) is 15.8 Å². The summed E-state index contributed by atoms with van der Waals surface area (Å²) >= 11 is 10.8. The quantitative estimate of drug-likeness (QED) is 0.826. The maximum absolute atomic E-state index is 12.3. The minimum Gasteiger partial charge on any atom is -0.207 e. The Kier molecular flexibility index (Phi) is 5.25. The zero-order chi connectivity index (χ0) is 14.8. The van der Waals surface area contributed by atoms with Crippen LogP contribution in [0.4, 0.5) is 0 Å². The highest BCUT2D eigenvalue weighted by molar-refractivity contribution is 9.10. The van der Waals surface area contributed by atoms with Crippen molar-refractivity contribution in [2.75, 3.05) is 0 Å². The fourth-order valence-corrected chi connectivity index (χ4v) is 4.81. The van der Waals surface area contributed by atoms with Crippen LogP contribution < -0.4 is 4.72 Å². The molecule has 1 aromatic carbocycles. The van der Waals surface area contributed by atoms with E-state index in [1.165, 1.54) is 11.6 Å². The van der Waals surface area contributed by atoms with Crippen LogP contribution in [-0.4, -0.2) is 8.42 Å². The van der Waals surface area contributed by atoms with Crippen molar-refractivity contribution in [3.63, 3.8) is 0 Å². The van der Waals surface area contributed by atoms with E-state index in [4.69, 9.17) is 11.6 Å². The van der Waals surface area contributed by atoms with Crippen molar-refractivity contribution in [2.24, 2.45) is 0 Å². The van der Waals surface area contributed by atoms with Gasteiger partial charge in [0, 0.05) is 15.9 Å². The van der Waals surface area contributed by atoms with Gasteiger partial charge in [0.2, 0.25) is 10.0 Å². The number of thiophene rings is 1. The van der Waals surface area contributed by atoms with Gasteiger partial charge in [-0.3, -0.25) is 0 Å². The van der Waals surface area contributed by atoms with Gasteiger partial charge in [-0.05, 0) is 41.6 Å². The molecule has 0 saturated carbocycles. The summed E-state index contributed by atoms with van der Waals surface area (Å²) in [5.41, 5.74) is 1.17. The smallest absolute Gasteiger partial charge is 0.207 e. The van der Waals surface area contributed by atoms with Crippen LogP contribution in [0.25, 0.3) is 0 Å². The molecule has 0 saturated heterocycles. The third kappa shape index (κ3) is 3.62. The molecule has 3 nitrogen and oxygen atoms in total. The Morgan fingerprint density at radius 1 is 1.35 bits per heavy atom. The molecule has 0 aliphatic rings. The topological polar surface area (TPSA) is 46.2 Å². The monoisotopic (exact) mass is 393 g/mol. The summed E-state index contributed by atoms with van der Waals surface area (Å²) in [5.74, 6) is 0. The maximum Gasteiger partial charge on any atom is 0.242 e. The van der Waals surface area contributed by atoms with Gasteiger partial charge in [-0.1, -0.05) is 34.5 Å². The van der Waals surface area contributed by atoms with E-state index < -0.39 is 10.0 Å². The van der Waals surface area contributed by atoms with Crippen molar-refractivity contribution in [3.8, 4) is 0 Å². The van der Waals surface area contributed by atoms with Crippen molar-refractivity contribution in [1.82, 2.24) is 4.72 Å². The molecule has 1 N–H and O–H groups in total. The number of hydrogen-bond acceptors (Lipinski definition) is 3. The van der Waals surface area contributed by atoms with Gasteiger partial charge >= 0.3 is 0 Å². The summed E-state index contributed by atoms with van der Waals surface area (Å²) in [7, 11) is -3.60. The molecule has 0 aliphatic carbocycles. The standard InChI is InChI=1S/C13H13BrClNO2S2/c1-2-9-5-6-19-12(9)8-16-20(17,18)13-4-3-10(14)7-11(13)15/h3-7,16H,2,8H2,1H3. The predicted octanol–water partition coefficient (Wildman–Crippen LogP) is 4.20. The van der Waals surface area contributed by atoms with Crippen molar-refractivity contribution in [1.29, 1.82) is 0 Å². The maximum atomic E-state index is 12.3. The van der Waals surface area contributed by atoms with E-state index in [2.05, 4.69) is 20.7 Å². The number of halogens is 2. The van der Waals surface area contributed by atoms with Gasteiger partial charge in [-0.15, -0.1) is 11.3 Å². The van der Waals surface area contributed by atoms with E-state index >= 15 is 0 Å². The molecule has 20 heavy (non-hydrogen) atoms. The van der Waals surface area contributed by atoms with Crippen LogP contribution in [-0.2, 0) is 23.0 Å². The molecule has 0 spiro atoms. The number of benzene rings is 1. The normalized spacial score (nSPS) is 11.8. The Hall–Kier alpha value is -0.400. The molecule has 0 atom stereocenters. The molecule has 0 unspecified atom stereocenters. The van der Waals surface area contributed by atoms with E-state index in [0.29, 0.717) is 0 Å². The van der Waals surface area contributed by atoms with Gasteiger partial charge in [0.25, 0.3) is 0 Å². The lowest BCUT2D eigenvalue weighted by Crippen LogP contribution is -2.23. The molecular formula is C13H13BrClNO2S2. The molecule has 2 aromatic rings. The number of aryl methyl sites for hydroxylation is 1. The third-order valence-corrected chi connectivity index (χ3v) is 6.17.